The monoisotopic (exact) mass is 281 g/mol. The fourth-order valence-electron chi connectivity index (χ4n) is 3.64. The van der Waals surface area contributed by atoms with E-state index >= 15 is 0 Å². The van der Waals surface area contributed by atoms with Crippen molar-refractivity contribution in [1.29, 1.82) is 0 Å². The molecule has 0 radical (unpaired) electrons. The molecule has 0 amide bonds. The highest BCUT2D eigenvalue weighted by atomic mass is 15.2. The summed E-state index contributed by atoms with van der Waals surface area (Å²) < 4.78 is 0. The lowest BCUT2D eigenvalue weighted by Gasteiger charge is -2.15. The van der Waals surface area contributed by atoms with Crippen LogP contribution < -0.4 is 0 Å². The van der Waals surface area contributed by atoms with Crippen LogP contribution in [0.3, 0.4) is 0 Å². The van der Waals surface area contributed by atoms with E-state index in [1.165, 1.54) is 44.2 Å². The third-order valence-electron chi connectivity index (χ3n) is 4.94. The Labute approximate surface area is 126 Å². The Morgan fingerprint density at radius 1 is 1.10 bits per heavy atom. The second kappa shape index (κ2) is 5.38. The fourth-order valence-corrected chi connectivity index (χ4v) is 3.64. The van der Waals surface area contributed by atoms with E-state index in [4.69, 9.17) is 9.97 Å². The summed E-state index contributed by atoms with van der Waals surface area (Å²) in [5.41, 5.74) is 2.18. The number of hydrogen-bond donors (Lipinski definition) is 0. The predicted octanol–water partition coefficient (Wildman–Crippen LogP) is 3.56. The molecule has 2 heterocycles. The van der Waals surface area contributed by atoms with Crippen LogP contribution in [0.25, 0.3) is 10.9 Å². The minimum absolute atomic E-state index is 0.910. The van der Waals surface area contributed by atoms with Gasteiger partial charge in [-0.15, -0.1) is 0 Å². The maximum absolute atomic E-state index is 4.75. The van der Waals surface area contributed by atoms with Gasteiger partial charge in [0.2, 0.25) is 0 Å². The Morgan fingerprint density at radius 3 is 2.81 bits per heavy atom. The molecule has 2 fully saturated rings. The van der Waals surface area contributed by atoms with Crippen LogP contribution in [0.4, 0.5) is 0 Å². The average Bonchev–Trinajstić information content (AvgIpc) is 3.18. The average molecular weight is 281 g/mol. The first kappa shape index (κ1) is 13.2. The van der Waals surface area contributed by atoms with Crippen molar-refractivity contribution in [2.24, 2.45) is 11.8 Å². The summed E-state index contributed by atoms with van der Waals surface area (Å²) in [6.45, 7) is 5.46. The maximum Gasteiger partial charge on any atom is 0.143 e. The van der Waals surface area contributed by atoms with E-state index in [0.29, 0.717) is 0 Å². The molecule has 1 saturated carbocycles. The van der Waals surface area contributed by atoms with Crippen molar-refractivity contribution in [2.45, 2.75) is 39.2 Å². The maximum atomic E-state index is 4.75. The molecular weight excluding hydrogens is 258 g/mol. The summed E-state index contributed by atoms with van der Waals surface area (Å²) in [7, 11) is 0. The number of fused-ring (bicyclic) bond motifs is 1. The van der Waals surface area contributed by atoms with Crippen LogP contribution in [-0.4, -0.2) is 28.0 Å². The predicted molar refractivity (Wildman–Crippen MR) is 85.0 cm³/mol. The summed E-state index contributed by atoms with van der Waals surface area (Å²) in [6.07, 6.45) is 5.77. The standard InChI is InChI=1S/C18H23N3/c1-13-16-4-2-3-5-17(16)20-18(19-13)12-21-9-8-15(11-21)10-14-6-7-14/h2-5,14-15H,6-12H2,1H3. The van der Waals surface area contributed by atoms with Crippen LogP contribution in [0.1, 0.15) is 37.2 Å². The van der Waals surface area contributed by atoms with Gasteiger partial charge in [0.05, 0.1) is 12.1 Å². The van der Waals surface area contributed by atoms with Gasteiger partial charge in [-0.2, -0.15) is 0 Å². The van der Waals surface area contributed by atoms with E-state index < -0.39 is 0 Å². The van der Waals surface area contributed by atoms with Crippen molar-refractivity contribution in [3.8, 4) is 0 Å². The largest absolute Gasteiger partial charge is 0.296 e. The summed E-state index contributed by atoms with van der Waals surface area (Å²) in [4.78, 5) is 12.0. The van der Waals surface area contributed by atoms with Gasteiger partial charge in [0, 0.05) is 17.6 Å². The topological polar surface area (TPSA) is 29.0 Å². The minimum Gasteiger partial charge on any atom is -0.296 e. The van der Waals surface area contributed by atoms with Crippen LogP contribution in [0.2, 0.25) is 0 Å². The highest BCUT2D eigenvalue weighted by molar-refractivity contribution is 5.80. The number of likely N-dealkylation sites (tertiary alicyclic amines) is 1. The lowest BCUT2D eigenvalue weighted by Crippen LogP contribution is -2.22. The first-order valence-corrected chi connectivity index (χ1v) is 8.22. The van der Waals surface area contributed by atoms with Gasteiger partial charge in [0.15, 0.2) is 0 Å². The van der Waals surface area contributed by atoms with Crippen LogP contribution in [0.15, 0.2) is 24.3 Å². The summed E-state index contributed by atoms with van der Waals surface area (Å²) >= 11 is 0. The van der Waals surface area contributed by atoms with Crippen molar-refractivity contribution in [3.63, 3.8) is 0 Å². The van der Waals surface area contributed by atoms with Gasteiger partial charge in [-0.3, -0.25) is 4.90 Å². The molecule has 1 atom stereocenters. The summed E-state index contributed by atoms with van der Waals surface area (Å²) in [5, 5.41) is 1.18. The third kappa shape index (κ3) is 2.93. The molecule has 4 rings (SSSR count). The van der Waals surface area contributed by atoms with Gasteiger partial charge in [-0.05, 0) is 44.2 Å². The van der Waals surface area contributed by atoms with Crippen molar-refractivity contribution < 1.29 is 0 Å². The van der Waals surface area contributed by atoms with E-state index in [0.717, 1.165) is 35.4 Å². The summed E-state index contributed by atoms with van der Waals surface area (Å²) in [6, 6.07) is 8.31. The zero-order valence-electron chi connectivity index (χ0n) is 12.8. The van der Waals surface area contributed by atoms with Gasteiger partial charge in [-0.1, -0.05) is 31.0 Å². The van der Waals surface area contributed by atoms with Crippen LogP contribution in [-0.2, 0) is 6.54 Å². The highest BCUT2D eigenvalue weighted by Gasteiger charge is 2.30. The Hall–Kier alpha value is -1.48. The van der Waals surface area contributed by atoms with E-state index in [1.54, 1.807) is 0 Å². The molecule has 1 aromatic carbocycles. The molecule has 2 aromatic rings. The SMILES string of the molecule is Cc1nc(CN2CCC(CC3CC3)C2)nc2ccccc12. The Kier molecular flexibility index (Phi) is 3.38. The quantitative estimate of drug-likeness (QED) is 0.858. The number of benzene rings is 1. The Bertz CT molecular complexity index is 648. The molecular formula is C18H23N3. The minimum atomic E-state index is 0.910. The zero-order chi connectivity index (χ0) is 14.2. The number of rotatable bonds is 4. The van der Waals surface area contributed by atoms with Gasteiger partial charge < -0.3 is 0 Å². The fraction of sp³-hybridized carbons (Fsp3) is 0.556. The number of nitrogens with zero attached hydrogens (tertiary/aromatic N) is 3. The molecule has 0 spiro atoms. The Balaban J connectivity index is 1.47. The lowest BCUT2D eigenvalue weighted by atomic mass is 10.0. The Morgan fingerprint density at radius 2 is 1.95 bits per heavy atom. The second-order valence-corrected chi connectivity index (χ2v) is 6.81. The first-order chi connectivity index (χ1) is 10.3. The van der Waals surface area contributed by atoms with Crippen molar-refractivity contribution in [1.82, 2.24) is 14.9 Å². The molecule has 110 valence electrons. The third-order valence-corrected chi connectivity index (χ3v) is 4.94. The van der Waals surface area contributed by atoms with E-state index in [9.17, 15) is 0 Å². The number of hydrogen-bond acceptors (Lipinski definition) is 3. The highest BCUT2D eigenvalue weighted by Crippen LogP contribution is 2.38. The molecule has 1 aliphatic heterocycles. The molecule has 0 N–H and O–H groups in total. The molecule has 21 heavy (non-hydrogen) atoms. The molecule has 1 aromatic heterocycles. The molecule has 3 nitrogen and oxygen atoms in total. The van der Waals surface area contributed by atoms with Gasteiger partial charge in [0.1, 0.15) is 5.82 Å². The van der Waals surface area contributed by atoms with Crippen molar-refractivity contribution in [3.05, 3.63) is 35.8 Å². The number of para-hydroxylation sites is 1. The zero-order valence-corrected chi connectivity index (χ0v) is 12.8. The van der Waals surface area contributed by atoms with E-state index in [2.05, 4.69) is 36.1 Å². The van der Waals surface area contributed by atoms with Crippen LogP contribution in [0.5, 0.6) is 0 Å². The molecule has 0 bridgehead atoms. The van der Waals surface area contributed by atoms with Crippen molar-refractivity contribution in [2.75, 3.05) is 13.1 Å². The molecule has 2 aliphatic rings. The molecule has 1 unspecified atom stereocenters. The molecule has 3 heteroatoms. The first-order valence-electron chi connectivity index (χ1n) is 8.22. The van der Waals surface area contributed by atoms with Crippen LogP contribution in [0, 0.1) is 18.8 Å². The smallest absolute Gasteiger partial charge is 0.143 e. The van der Waals surface area contributed by atoms with Crippen LogP contribution >= 0.6 is 0 Å². The van der Waals surface area contributed by atoms with Gasteiger partial charge in [0.25, 0.3) is 0 Å². The number of aryl methyl sites for hydroxylation is 1. The van der Waals surface area contributed by atoms with E-state index in [-0.39, 0.29) is 0 Å². The van der Waals surface area contributed by atoms with Gasteiger partial charge >= 0.3 is 0 Å². The van der Waals surface area contributed by atoms with Gasteiger partial charge in [-0.25, -0.2) is 9.97 Å². The normalized spacial score (nSPS) is 23.0. The summed E-state index contributed by atoms with van der Waals surface area (Å²) in [5.74, 6) is 2.95. The van der Waals surface area contributed by atoms with Crippen molar-refractivity contribution >= 4 is 10.9 Å². The second-order valence-electron chi connectivity index (χ2n) is 6.81. The lowest BCUT2D eigenvalue weighted by molar-refractivity contribution is 0.303. The van der Waals surface area contributed by atoms with E-state index in [1.807, 2.05) is 0 Å². The molecule has 1 saturated heterocycles. The molecule has 1 aliphatic carbocycles. The number of aromatic nitrogens is 2.